The number of hydrogen-bond acceptors (Lipinski definition) is 5. The van der Waals surface area contributed by atoms with Crippen molar-refractivity contribution in [3.8, 4) is 0 Å². The Morgan fingerprint density at radius 3 is 2.49 bits per heavy atom. The molecule has 1 aromatic heterocycles. The minimum Gasteiger partial charge on any atom is -0.465 e. The molecule has 0 bridgehead atoms. The first-order chi connectivity index (χ1) is 19.6. The number of amides is 4. The van der Waals surface area contributed by atoms with Crippen molar-refractivity contribution >= 4 is 40.3 Å². The zero-order valence-corrected chi connectivity index (χ0v) is 23.1. The number of urea groups is 1. The molecule has 4 amide bonds. The number of hydrogen-bond donors (Lipinski definition) is 4. The first-order valence-electron chi connectivity index (χ1n) is 13.9. The zero-order chi connectivity index (χ0) is 29.3. The second-order valence-electron chi connectivity index (χ2n) is 11.0. The van der Waals surface area contributed by atoms with E-state index < -0.39 is 12.0 Å². The summed E-state index contributed by atoms with van der Waals surface area (Å²) in [6.45, 7) is 4.95. The third-order valence-corrected chi connectivity index (χ3v) is 7.53. The summed E-state index contributed by atoms with van der Waals surface area (Å²) in [5.41, 5.74) is 0.662. The quantitative estimate of drug-likeness (QED) is 0.344. The molecule has 0 unspecified atom stereocenters. The molecule has 0 radical (unpaired) electrons. The van der Waals surface area contributed by atoms with E-state index in [1.54, 1.807) is 39.8 Å². The minimum atomic E-state index is -1.27. The van der Waals surface area contributed by atoms with Gasteiger partial charge in [-0.3, -0.25) is 24.0 Å². The summed E-state index contributed by atoms with van der Waals surface area (Å²) < 4.78 is 2.93. The van der Waals surface area contributed by atoms with Gasteiger partial charge in [-0.25, -0.2) is 14.4 Å². The fourth-order valence-electron chi connectivity index (χ4n) is 5.33. The Bertz CT molecular complexity index is 1620. The van der Waals surface area contributed by atoms with Gasteiger partial charge in [0.15, 0.2) is 0 Å². The normalized spacial score (nSPS) is 17.0. The molecule has 12 heteroatoms. The second-order valence-corrected chi connectivity index (χ2v) is 11.0. The van der Waals surface area contributed by atoms with Gasteiger partial charge in [0.2, 0.25) is 0 Å². The minimum absolute atomic E-state index is 0.149. The van der Waals surface area contributed by atoms with Crippen molar-refractivity contribution in [3.63, 3.8) is 0 Å². The van der Waals surface area contributed by atoms with Crippen LogP contribution < -0.4 is 27.2 Å². The molecule has 3 aromatic rings. The van der Waals surface area contributed by atoms with E-state index in [4.69, 9.17) is 5.11 Å². The number of carboxylic acid groups (broad SMARTS) is 1. The van der Waals surface area contributed by atoms with E-state index >= 15 is 0 Å². The van der Waals surface area contributed by atoms with Gasteiger partial charge in [0.1, 0.15) is 0 Å². The summed E-state index contributed by atoms with van der Waals surface area (Å²) in [4.78, 5) is 65.3. The lowest BCUT2D eigenvalue weighted by Crippen LogP contribution is -2.50. The highest BCUT2D eigenvalue weighted by Crippen LogP contribution is 2.30. The molecule has 2 fully saturated rings. The number of aromatic nitrogens is 2. The summed E-state index contributed by atoms with van der Waals surface area (Å²) >= 11 is 0. The molecule has 0 spiro atoms. The molecule has 5 rings (SSSR count). The predicted molar refractivity (Wildman–Crippen MR) is 155 cm³/mol. The SMILES string of the molecule is CC(C)n1c(=O)n(CC2CC2)c(=O)c2cc(NC(=O)N3CCC[C@@H](NC(=O)c4ccccc4NC(=O)O)C3)ccc21. The number of nitrogens with one attached hydrogen (secondary N) is 3. The van der Waals surface area contributed by atoms with Gasteiger partial charge in [0.25, 0.3) is 11.5 Å². The number of anilines is 2. The van der Waals surface area contributed by atoms with E-state index in [1.165, 1.54) is 16.7 Å². The first-order valence-corrected chi connectivity index (χ1v) is 13.9. The molecular formula is C29H34N6O6. The summed E-state index contributed by atoms with van der Waals surface area (Å²) in [5, 5.41) is 17.4. The van der Waals surface area contributed by atoms with Gasteiger partial charge in [0.05, 0.1) is 22.2 Å². The average Bonchev–Trinajstić information content (AvgIpc) is 3.75. The lowest BCUT2D eigenvalue weighted by Gasteiger charge is -2.33. The number of carbonyl (C=O) groups is 3. The Labute approximate surface area is 236 Å². The van der Waals surface area contributed by atoms with E-state index in [1.807, 2.05) is 13.8 Å². The lowest BCUT2D eigenvalue weighted by molar-refractivity contribution is 0.0914. The summed E-state index contributed by atoms with van der Waals surface area (Å²) in [7, 11) is 0. The molecule has 2 aliphatic rings. The van der Waals surface area contributed by atoms with Crippen LogP contribution in [-0.4, -0.2) is 56.3 Å². The Kier molecular flexibility index (Phi) is 7.82. The number of nitrogens with zero attached hydrogens (tertiary/aromatic N) is 3. The van der Waals surface area contributed by atoms with Crippen LogP contribution in [-0.2, 0) is 6.54 Å². The van der Waals surface area contributed by atoms with Crippen LogP contribution in [0.15, 0.2) is 52.1 Å². The molecule has 216 valence electrons. The van der Waals surface area contributed by atoms with E-state index in [-0.39, 0.29) is 47.2 Å². The monoisotopic (exact) mass is 562 g/mol. The van der Waals surface area contributed by atoms with E-state index in [9.17, 15) is 24.0 Å². The van der Waals surface area contributed by atoms with Gasteiger partial charge < -0.3 is 20.6 Å². The average molecular weight is 563 g/mol. The molecule has 2 aromatic carbocycles. The molecule has 2 heterocycles. The highest BCUT2D eigenvalue weighted by Gasteiger charge is 2.27. The number of likely N-dealkylation sites (tertiary alicyclic amines) is 1. The number of piperidine rings is 1. The number of fused-ring (bicyclic) bond motifs is 1. The second kappa shape index (κ2) is 11.5. The molecule has 1 saturated carbocycles. The standard InChI is InChI=1S/C29H34N6O6/c1-17(2)35-24-12-11-19(14-22(24)26(37)34(29(35)41)15-18-9-10-18)31-27(38)33-13-5-6-20(16-33)30-25(36)21-7-3-4-8-23(21)32-28(39)40/h3-4,7-8,11-12,14,17-18,20,32H,5-6,9-10,13,15-16H2,1-2H3,(H,30,36)(H,31,38)(H,39,40)/t20-/m1/s1. The van der Waals surface area contributed by atoms with Crippen LogP contribution in [0, 0.1) is 5.92 Å². The maximum Gasteiger partial charge on any atom is 0.409 e. The molecule has 41 heavy (non-hydrogen) atoms. The molecule has 1 aliphatic heterocycles. The summed E-state index contributed by atoms with van der Waals surface area (Å²) in [5.74, 6) is -0.0920. The van der Waals surface area contributed by atoms with Gasteiger partial charge in [-0.1, -0.05) is 12.1 Å². The third-order valence-electron chi connectivity index (χ3n) is 7.53. The van der Waals surface area contributed by atoms with Gasteiger partial charge in [-0.05, 0) is 75.8 Å². The maximum atomic E-state index is 13.3. The molecular weight excluding hydrogens is 528 g/mol. The van der Waals surface area contributed by atoms with E-state index in [0.717, 1.165) is 12.8 Å². The van der Waals surface area contributed by atoms with Crippen molar-refractivity contribution < 1.29 is 19.5 Å². The van der Waals surface area contributed by atoms with Crippen molar-refractivity contribution in [3.05, 3.63) is 68.9 Å². The third kappa shape index (κ3) is 6.11. The number of rotatable bonds is 7. The van der Waals surface area contributed by atoms with Gasteiger partial charge >= 0.3 is 17.8 Å². The topological polar surface area (TPSA) is 155 Å². The highest BCUT2D eigenvalue weighted by molar-refractivity contribution is 6.02. The zero-order valence-electron chi connectivity index (χ0n) is 23.1. The van der Waals surface area contributed by atoms with Crippen molar-refractivity contribution in [2.75, 3.05) is 23.7 Å². The van der Waals surface area contributed by atoms with Crippen LogP contribution >= 0.6 is 0 Å². The lowest BCUT2D eigenvalue weighted by atomic mass is 10.0. The molecule has 1 aliphatic carbocycles. The Balaban J connectivity index is 1.31. The van der Waals surface area contributed by atoms with Crippen molar-refractivity contribution in [2.45, 2.75) is 58.2 Å². The number of carbonyl (C=O) groups excluding carboxylic acids is 2. The smallest absolute Gasteiger partial charge is 0.409 e. The molecule has 1 atom stereocenters. The fraction of sp³-hybridized carbons (Fsp3) is 0.414. The van der Waals surface area contributed by atoms with Gasteiger partial charge in [-0.15, -0.1) is 0 Å². The predicted octanol–water partition coefficient (Wildman–Crippen LogP) is 3.67. The Morgan fingerprint density at radius 2 is 1.78 bits per heavy atom. The first kappa shape index (κ1) is 27.9. The molecule has 12 nitrogen and oxygen atoms in total. The van der Waals surface area contributed by atoms with Crippen molar-refractivity contribution in [1.82, 2.24) is 19.4 Å². The fourth-order valence-corrected chi connectivity index (χ4v) is 5.33. The Morgan fingerprint density at radius 1 is 1.02 bits per heavy atom. The largest absolute Gasteiger partial charge is 0.465 e. The van der Waals surface area contributed by atoms with Gasteiger partial charge in [-0.2, -0.15) is 0 Å². The van der Waals surface area contributed by atoms with Crippen LogP contribution in [0.25, 0.3) is 10.9 Å². The molecule has 1 saturated heterocycles. The number of para-hydroxylation sites is 1. The van der Waals surface area contributed by atoms with Crippen molar-refractivity contribution in [1.29, 1.82) is 0 Å². The van der Waals surface area contributed by atoms with Crippen molar-refractivity contribution in [2.24, 2.45) is 5.92 Å². The van der Waals surface area contributed by atoms with Crippen LogP contribution in [0.2, 0.25) is 0 Å². The maximum absolute atomic E-state index is 13.3. The van der Waals surface area contributed by atoms with Gasteiger partial charge in [0, 0.05) is 37.4 Å². The van der Waals surface area contributed by atoms with Crippen LogP contribution in [0.1, 0.15) is 55.9 Å². The van der Waals surface area contributed by atoms with E-state index in [0.29, 0.717) is 48.4 Å². The van der Waals surface area contributed by atoms with E-state index in [2.05, 4.69) is 16.0 Å². The number of benzene rings is 2. The summed E-state index contributed by atoms with van der Waals surface area (Å²) in [6.07, 6.45) is 2.06. The Hall–Kier alpha value is -4.61. The molecule has 4 N–H and O–H groups in total. The van der Waals surface area contributed by atoms with Crippen LogP contribution in [0.3, 0.4) is 0 Å². The summed E-state index contributed by atoms with van der Waals surface area (Å²) in [6, 6.07) is 10.5. The van der Waals surface area contributed by atoms with Crippen LogP contribution in [0.5, 0.6) is 0 Å². The highest BCUT2D eigenvalue weighted by atomic mass is 16.4. The van der Waals surface area contributed by atoms with Crippen LogP contribution in [0.4, 0.5) is 21.0 Å².